The Balaban J connectivity index is 2.17. The van der Waals surface area contributed by atoms with E-state index in [1.807, 2.05) is 26.0 Å². The highest BCUT2D eigenvalue weighted by atomic mass is 79.9. The highest BCUT2D eigenvalue weighted by Crippen LogP contribution is 2.25. The fourth-order valence-corrected chi connectivity index (χ4v) is 2.19. The summed E-state index contributed by atoms with van der Waals surface area (Å²) in [5.74, 6) is -3.79. The molecular formula is C15H13BrF3N. The molecule has 0 unspecified atom stereocenters. The fourth-order valence-electron chi connectivity index (χ4n) is 1.96. The van der Waals surface area contributed by atoms with E-state index in [0.717, 1.165) is 33.4 Å². The summed E-state index contributed by atoms with van der Waals surface area (Å²) >= 11 is 3.47. The van der Waals surface area contributed by atoms with Crippen LogP contribution in [0.1, 0.15) is 16.7 Å². The lowest BCUT2D eigenvalue weighted by molar-refractivity contribution is 0.445. The molecule has 0 saturated carbocycles. The molecule has 106 valence electrons. The molecule has 0 atom stereocenters. The van der Waals surface area contributed by atoms with Crippen LogP contribution < -0.4 is 5.32 Å². The first-order chi connectivity index (χ1) is 9.38. The molecule has 0 saturated heterocycles. The van der Waals surface area contributed by atoms with Gasteiger partial charge in [-0.15, -0.1) is 0 Å². The maximum Gasteiger partial charge on any atom is 0.194 e. The Bertz CT molecular complexity index is 552. The molecule has 0 bridgehead atoms. The second-order valence-electron chi connectivity index (χ2n) is 4.65. The second-order valence-corrected chi connectivity index (χ2v) is 5.44. The zero-order valence-electron chi connectivity index (χ0n) is 11.0. The number of aryl methyl sites for hydroxylation is 2. The third-order valence-corrected chi connectivity index (χ3v) is 4.23. The van der Waals surface area contributed by atoms with E-state index in [9.17, 15) is 13.2 Å². The van der Waals surface area contributed by atoms with Crippen molar-refractivity contribution in [3.05, 3.63) is 62.9 Å². The number of halogens is 4. The molecular weight excluding hydrogens is 331 g/mol. The molecule has 5 heteroatoms. The van der Waals surface area contributed by atoms with Crippen LogP contribution in [0.2, 0.25) is 0 Å². The lowest BCUT2D eigenvalue weighted by atomic mass is 10.1. The van der Waals surface area contributed by atoms with Crippen LogP contribution >= 0.6 is 15.9 Å². The summed E-state index contributed by atoms with van der Waals surface area (Å²) in [6.45, 7) is 4.13. The third-order valence-electron chi connectivity index (χ3n) is 2.98. The topological polar surface area (TPSA) is 12.0 Å². The lowest BCUT2D eigenvalue weighted by Gasteiger charge is -2.11. The monoisotopic (exact) mass is 343 g/mol. The summed E-state index contributed by atoms with van der Waals surface area (Å²) in [4.78, 5) is 0. The molecule has 2 rings (SSSR count). The van der Waals surface area contributed by atoms with Crippen molar-refractivity contribution in [2.75, 3.05) is 5.32 Å². The van der Waals surface area contributed by atoms with Crippen molar-refractivity contribution in [3.63, 3.8) is 0 Å². The van der Waals surface area contributed by atoms with Crippen molar-refractivity contribution in [2.45, 2.75) is 20.4 Å². The van der Waals surface area contributed by atoms with Gasteiger partial charge in [-0.05, 0) is 54.8 Å². The predicted octanol–water partition coefficient (Wildman–Crippen LogP) is 5.10. The van der Waals surface area contributed by atoms with Gasteiger partial charge in [0.05, 0.1) is 0 Å². The number of anilines is 1. The van der Waals surface area contributed by atoms with Gasteiger partial charge in [-0.25, -0.2) is 13.2 Å². The predicted molar refractivity (Wildman–Crippen MR) is 77.3 cm³/mol. The van der Waals surface area contributed by atoms with Gasteiger partial charge >= 0.3 is 0 Å². The molecule has 1 nitrogen and oxygen atoms in total. The van der Waals surface area contributed by atoms with Crippen LogP contribution in [0.15, 0.2) is 28.7 Å². The highest BCUT2D eigenvalue weighted by molar-refractivity contribution is 9.10. The van der Waals surface area contributed by atoms with Crippen molar-refractivity contribution < 1.29 is 13.2 Å². The number of hydrogen-bond donors (Lipinski definition) is 1. The zero-order valence-corrected chi connectivity index (χ0v) is 12.6. The zero-order chi connectivity index (χ0) is 14.9. The first-order valence-corrected chi connectivity index (χ1v) is 6.82. The fraction of sp³-hybridized carbons (Fsp3) is 0.200. The Morgan fingerprint density at radius 2 is 1.45 bits per heavy atom. The van der Waals surface area contributed by atoms with E-state index >= 15 is 0 Å². The van der Waals surface area contributed by atoms with Gasteiger partial charge in [-0.1, -0.05) is 15.9 Å². The van der Waals surface area contributed by atoms with Gasteiger partial charge in [0.25, 0.3) is 0 Å². The molecule has 0 heterocycles. The van der Waals surface area contributed by atoms with E-state index in [2.05, 4.69) is 21.2 Å². The summed E-state index contributed by atoms with van der Waals surface area (Å²) in [5.41, 5.74) is 3.31. The quantitative estimate of drug-likeness (QED) is 0.765. The molecule has 2 aromatic carbocycles. The second kappa shape index (κ2) is 5.87. The Hall–Kier alpha value is -1.49. The van der Waals surface area contributed by atoms with Crippen LogP contribution in [0.25, 0.3) is 0 Å². The number of nitrogens with one attached hydrogen (secondary N) is 1. The van der Waals surface area contributed by atoms with Gasteiger partial charge in [-0.2, -0.15) is 0 Å². The van der Waals surface area contributed by atoms with Gasteiger partial charge in [0, 0.05) is 16.7 Å². The summed E-state index contributed by atoms with van der Waals surface area (Å²) < 4.78 is 40.1. The van der Waals surface area contributed by atoms with Crippen LogP contribution in [0.4, 0.5) is 18.9 Å². The molecule has 0 aromatic heterocycles. The highest BCUT2D eigenvalue weighted by Gasteiger charge is 2.10. The standard InChI is InChI=1S/C15H13BrF3N/c1-8-3-11(4-9(2)14(8)16)20-7-10-5-12(17)15(19)13(18)6-10/h3-6,20H,7H2,1-2H3. The molecule has 20 heavy (non-hydrogen) atoms. The van der Waals surface area contributed by atoms with Crippen molar-refractivity contribution in [1.29, 1.82) is 0 Å². The van der Waals surface area contributed by atoms with Crippen LogP contribution in [-0.2, 0) is 6.54 Å². The molecule has 0 aliphatic carbocycles. The minimum absolute atomic E-state index is 0.217. The van der Waals surface area contributed by atoms with Gasteiger partial charge in [0.15, 0.2) is 17.5 Å². The molecule has 0 aliphatic heterocycles. The van der Waals surface area contributed by atoms with Crippen LogP contribution in [0.5, 0.6) is 0 Å². The average Bonchev–Trinajstić information content (AvgIpc) is 2.39. The minimum atomic E-state index is -1.44. The summed E-state index contributed by atoms with van der Waals surface area (Å²) in [6, 6.07) is 5.83. The molecule has 0 fully saturated rings. The van der Waals surface area contributed by atoms with E-state index in [0.29, 0.717) is 5.56 Å². The first kappa shape index (κ1) is 14.9. The Kier molecular flexibility index (Phi) is 4.38. The number of rotatable bonds is 3. The van der Waals surface area contributed by atoms with Crippen LogP contribution in [0.3, 0.4) is 0 Å². The maximum absolute atomic E-state index is 13.1. The van der Waals surface area contributed by atoms with Gasteiger partial charge in [-0.3, -0.25) is 0 Å². The van der Waals surface area contributed by atoms with Gasteiger partial charge < -0.3 is 5.32 Å². The molecule has 1 N–H and O–H groups in total. The van der Waals surface area contributed by atoms with Crippen molar-refractivity contribution in [2.24, 2.45) is 0 Å². The normalized spacial score (nSPS) is 10.7. The third kappa shape index (κ3) is 3.15. The Morgan fingerprint density at radius 3 is 1.95 bits per heavy atom. The van der Waals surface area contributed by atoms with Crippen LogP contribution in [-0.4, -0.2) is 0 Å². The Labute approximate surface area is 123 Å². The molecule has 0 aliphatic rings. The Morgan fingerprint density at radius 1 is 0.950 bits per heavy atom. The van der Waals surface area contributed by atoms with Gasteiger partial charge in [0.1, 0.15) is 0 Å². The smallest absolute Gasteiger partial charge is 0.194 e. The molecule has 0 amide bonds. The summed E-state index contributed by atoms with van der Waals surface area (Å²) in [5, 5.41) is 3.07. The number of benzene rings is 2. The van der Waals surface area contributed by atoms with E-state index in [4.69, 9.17) is 0 Å². The van der Waals surface area contributed by atoms with E-state index in [1.54, 1.807) is 0 Å². The van der Waals surface area contributed by atoms with E-state index in [-0.39, 0.29) is 6.54 Å². The van der Waals surface area contributed by atoms with Crippen molar-refractivity contribution >= 4 is 21.6 Å². The maximum atomic E-state index is 13.1. The van der Waals surface area contributed by atoms with E-state index < -0.39 is 17.5 Å². The lowest BCUT2D eigenvalue weighted by Crippen LogP contribution is -2.03. The van der Waals surface area contributed by atoms with Crippen molar-refractivity contribution in [3.8, 4) is 0 Å². The first-order valence-electron chi connectivity index (χ1n) is 6.02. The van der Waals surface area contributed by atoms with E-state index in [1.165, 1.54) is 0 Å². The molecule has 2 aromatic rings. The van der Waals surface area contributed by atoms with Crippen LogP contribution in [0, 0.1) is 31.3 Å². The summed E-state index contributed by atoms with van der Waals surface area (Å²) in [6.07, 6.45) is 0. The summed E-state index contributed by atoms with van der Waals surface area (Å²) in [7, 11) is 0. The largest absolute Gasteiger partial charge is 0.381 e. The minimum Gasteiger partial charge on any atom is -0.381 e. The SMILES string of the molecule is Cc1cc(NCc2cc(F)c(F)c(F)c2)cc(C)c1Br. The molecule has 0 spiro atoms. The molecule has 0 radical (unpaired) electrons. The average molecular weight is 344 g/mol. The van der Waals surface area contributed by atoms with Crippen molar-refractivity contribution in [1.82, 2.24) is 0 Å². The van der Waals surface area contributed by atoms with Gasteiger partial charge in [0.2, 0.25) is 0 Å². The number of hydrogen-bond acceptors (Lipinski definition) is 1.